The highest BCUT2D eigenvalue weighted by Gasteiger charge is 2.19. The molecule has 4 rings (SSSR count). The Bertz CT molecular complexity index is 1690. The lowest BCUT2D eigenvalue weighted by atomic mass is 10.0. The minimum atomic E-state index is -0.432. The molecule has 0 heterocycles. The Morgan fingerprint density at radius 1 is 0.478 bits per heavy atom. The number of nitrogens with two attached hydrogens (primary N) is 2. The first-order chi connectivity index (χ1) is 21.5. The van der Waals surface area contributed by atoms with Gasteiger partial charge >= 0.3 is 0 Å². The monoisotopic (exact) mass is 620 g/mol. The van der Waals surface area contributed by atoms with Crippen LogP contribution in [0.2, 0.25) is 0 Å². The first kappa shape index (κ1) is 33.3. The molecule has 0 aromatic heterocycles. The quantitative estimate of drug-likeness (QED) is 0.137. The minimum Gasteiger partial charge on any atom is -0.397 e. The van der Waals surface area contributed by atoms with Crippen LogP contribution in [-0.4, -0.2) is 34.7 Å². The van der Waals surface area contributed by atoms with Crippen molar-refractivity contribution in [1.29, 1.82) is 0 Å². The number of anilines is 4. The molecule has 0 fully saturated rings. The van der Waals surface area contributed by atoms with Crippen LogP contribution in [0.5, 0.6) is 0 Å². The van der Waals surface area contributed by atoms with Crippen molar-refractivity contribution in [3.63, 3.8) is 0 Å². The molecule has 0 saturated heterocycles. The predicted molar refractivity (Wildman–Crippen MR) is 184 cm³/mol. The van der Waals surface area contributed by atoms with Gasteiger partial charge in [0.2, 0.25) is 0 Å². The van der Waals surface area contributed by atoms with Gasteiger partial charge in [0.05, 0.1) is 22.7 Å². The van der Waals surface area contributed by atoms with Crippen LogP contribution in [-0.2, 0) is 0 Å². The molecule has 0 unspecified atom stereocenters. The fraction of sp³-hybridized carbons (Fsp3) is 0.222. The molecule has 4 aromatic rings. The largest absolute Gasteiger partial charge is 0.397 e. The summed E-state index contributed by atoms with van der Waals surface area (Å²) in [7, 11) is 0. The van der Waals surface area contributed by atoms with Gasteiger partial charge in [-0.1, -0.05) is 24.3 Å². The Balaban J connectivity index is 1.53. The number of carbonyl (C=O) groups is 4. The highest BCUT2D eigenvalue weighted by atomic mass is 16.2. The van der Waals surface area contributed by atoms with Crippen LogP contribution in [0.4, 0.5) is 22.7 Å². The van der Waals surface area contributed by atoms with Crippen LogP contribution < -0.4 is 32.7 Å². The maximum Gasteiger partial charge on any atom is 0.255 e. The fourth-order valence-electron chi connectivity index (χ4n) is 4.51. The topological polar surface area (TPSA) is 168 Å². The first-order valence-corrected chi connectivity index (χ1v) is 14.8. The second-order valence-corrected chi connectivity index (χ2v) is 13.1. The van der Waals surface area contributed by atoms with Crippen LogP contribution in [0.25, 0.3) is 11.1 Å². The third-order valence-electron chi connectivity index (χ3n) is 6.69. The average Bonchev–Trinajstić information content (AvgIpc) is 2.97. The molecule has 0 spiro atoms. The van der Waals surface area contributed by atoms with Gasteiger partial charge < -0.3 is 32.7 Å². The summed E-state index contributed by atoms with van der Waals surface area (Å²) in [5.41, 5.74) is 15.7. The number of amides is 4. The van der Waals surface area contributed by atoms with E-state index in [1.165, 1.54) is 12.1 Å². The summed E-state index contributed by atoms with van der Waals surface area (Å²) in [4.78, 5) is 51.6. The summed E-state index contributed by atoms with van der Waals surface area (Å²) in [5.74, 6) is -1.43. The minimum absolute atomic E-state index is 0.284. The Kier molecular flexibility index (Phi) is 9.51. The van der Waals surface area contributed by atoms with Gasteiger partial charge in [0, 0.05) is 33.3 Å². The summed E-state index contributed by atoms with van der Waals surface area (Å²) in [5, 5.41) is 11.4. The summed E-state index contributed by atoms with van der Waals surface area (Å²) in [6.07, 6.45) is 0. The molecule has 0 atom stereocenters. The zero-order valence-electron chi connectivity index (χ0n) is 26.9. The standard InChI is InChI=1S/C36H40N6O4/c1-35(2,3)41-33(45)25-11-7-9-23(17-25)31(43)39-29-19-21(13-15-27(29)37)22-14-16-28(38)30(20-22)40-32(44)24-10-8-12-26(18-24)34(46)42-36(4,5)6/h7-20H,37-38H2,1-6H3,(H,39,43)(H,40,44)(H,41,45)(H,42,46). The zero-order chi connectivity index (χ0) is 33.8. The number of hydrogen-bond acceptors (Lipinski definition) is 6. The van der Waals surface area contributed by atoms with Crippen LogP contribution in [0, 0.1) is 0 Å². The van der Waals surface area contributed by atoms with Crippen LogP contribution in [0.3, 0.4) is 0 Å². The van der Waals surface area contributed by atoms with Gasteiger partial charge in [-0.2, -0.15) is 0 Å². The molecule has 4 aromatic carbocycles. The maximum atomic E-state index is 13.2. The predicted octanol–water partition coefficient (Wildman–Crippen LogP) is 6.08. The van der Waals surface area contributed by atoms with E-state index in [0.717, 1.165) is 0 Å². The third kappa shape index (κ3) is 8.72. The van der Waals surface area contributed by atoms with E-state index in [2.05, 4.69) is 21.3 Å². The fourth-order valence-corrected chi connectivity index (χ4v) is 4.51. The lowest BCUT2D eigenvalue weighted by molar-refractivity contribution is 0.0909. The molecule has 10 heteroatoms. The van der Waals surface area contributed by atoms with Crippen LogP contribution >= 0.6 is 0 Å². The molecule has 46 heavy (non-hydrogen) atoms. The van der Waals surface area contributed by atoms with E-state index < -0.39 is 22.9 Å². The molecular formula is C36H40N6O4. The van der Waals surface area contributed by atoms with E-state index in [-0.39, 0.29) is 11.8 Å². The van der Waals surface area contributed by atoms with Crippen LogP contribution in [0.1, 0.15) is 83.0 Å². The van der Waals surface area contributed by atoms with E-state index in [1.807, 2.05) is 41.5 Å². The lowest BCUT2D eigenvalue weighted by Crippen LogP contribution is -2.40. The molecule has 238 valence electrons. The van der Waals surface area contributed by atoms with Crippen molar-refractivity contribution in [3.8, 4) is 11.1 Å². The Hall–Kier alpha value is -5.64. The van der Waals surface area contributed by atoms with Crippen LogP contribution in [0.15, 0.2) is 84.9 Å². The molecule has 8 N–H and O–H groups in total. The zero-order valence-corrected chi connectivity index (χ0v) is 26.9. The van der Waals surface area contributed by atoms with Crippen molar-refractivity contribution < 1.29 is 19.2 Å². The normalized spacial score (nSPS) is 11.3. The van der Waals surface area contributed by atoms with E-state index >= 15 is 0 Å². The third-order valence-corrected chi connectivity index (χ3v) is 6.69. The summed E-state index contributed by atoms with van der Waals surface area (Å²) in [6, 6.07) is 23.2. The second-order valence-electron chi connectivity index (χ2n) is 13.1. The summed E-state index contributed by atoms with van der Waals surface area (Å²) in [6.45, 7) is 11.3. The van der Waals surface area contributed by atoms with E-state index in [1.54, 1.807) is 72.8 Å². The molecule has 0 saturated carbocycles. The molecule has 0 radical (unpaired) electrons. The SMILES string of the molecule is CC(C)(C)NC(=O)c1cccc(C(=O)Nc2cc(-c3ccc(N)c(NC(=O)c4cccc(C(=O)NC(C)(C)C)c4)c3)ccc2N)c1. The molecule has 0 aliphatic carbocycles. The first-order valence-electron chi connectivity index (χ1n) is 14.8. The molecule has 4 amide bonds. The Labute approximate surface area is 269 Å². The van der Waals surface area contributed by atoms with Gasteiger partial charge in [-0.15, -0.1) is 0 Å². The van der Waals surface area contributed by atoms with Crippen molar-refractivity contribution in [2.24, 2.45) is 0 Å². The van der Waals surface area contributed by atoms with Crippen molar-refractivity contribution >= 4 is 46.4 Å². The van der Waals surface area contributed by atoms with E-state index in [0.29, 0.717) is 56.1 Å². The van der Waals surface area contributed by atoms with Crippen molar-refractivity contribution in [3.05, 3.63) is 107 Å². The van der Waals surface area contributed by atoms with Gasteiger partial charge in [-0.3, -0.25) is 19.2 Å². The highest BCUT2D eigenvalue weighted by molar-refractivity contribution is 6.09. The molecule has 0 bridgehead atoms. The molecule has 10 nitrogen and oxygen atoms in total. The highest BCUT2D eigenvalue weighted by Crippen LogP contribution is 2.32. The Morgan fingerprint density at radius 3 is 1.13 bits per heavy atom. The molecule has 0 aliphatic rings. The van der Waals surface area contributed by atoms with E-state index in [9.17, 15) is 19.2 Å². The van der Waals surface area contributed by atoms with Crippen molar-refractivity contribution in [2.45, 2.75) is 52.6 Å². The lowest BCUT2D eigenvalue weighted by Gasteiger charge is -2.20. The Morgan fingerprint density at radius 2 is 0.804 bits per heavy atom. The maximum absolute atomic E-state index is 13.2. The summed E-state index contributed by atoms with van der Waals surface area (Å²) < 4.78 is 0. The van der Waals surface area contributed by atoms with Crippen molar-refractivity contribution in [1.82, 2.24) is 10.6 Å². The van der Waals surface area contributed by atoms with Gasteiger partial charge in [0.25, 0.3) is 23.6 Å². The number of benzene rings is 4. The smallest absolute Gasteiger partial charge is 0.255 e. The second kappa shape index (κ2) is 13.2. The number of rotatable bonds is 7. The van der Waals surface area contributed by atoms with Crippen molar-refractivity contribution in [2.75, 3.05) is 22.1 Å². The van der Waals surface area contributed by atoms with Gasteiger partial charge in [-0.25, -0.2) is 0 Å². The van der Waals surface area contributed by atoms with Gasteiger partial charge in [0.15, 0.2) is 0 Å². The number of nitrogen functional groups attached to an aromatic ring is 2. The van der Waals surface area contributed by atoms with Gasteiger partial charge in [0.1, 0.15) is 0 Å². The molecule has 0 aliphatic heterocycles. The number of carbonyl (C=O) groups excluding carboxylic acids is 4. The van der Waals surface area contributed by atoms with E-state index in [4.69, 9.17) is 11.5 Å². The summed E-state index contributed by atoms with van der Waals surface area (Å²) >= 11 is 0. The number of hydrogen-bond donors (Lipinski definition) is 6. The average molecular weight is 621 g/mol. The molecular weight excluding hydrogens is 580 g/mol. The number of nitrogens with one attached hydrogen (secondary N) is 4. The van der Waals surface area contributed by atoms with Gasteiger partial charge in [-0.05, 0) is 113 Å².